The number of imide groups is 1. The van der Waals surface area contributed by atoms with Gasteiger partial charge in [0.15, 0.2) is 0 Å². The number of benzene rings is 1. The van der Waals surface area contributed by atoms with Crippen LogP contribution < -0.4 is 0 Å². The maximum atomic E-state index is 12.6. The molecular weight excluding hydrogens is 379 g/mol. The Morgan fingerprint density at radius 1 is 1.12 bits per heavy atom. The highest BCUT2D eigenvalue weighted by atomic mass is 35.5. The van der Waals surface area contributed by atoms with Gasteiger partial charge in [0.2, 0.25) is 0 Å². The molecule has 0 aliphatic carbocycles. The van der Waals surface area contributed by atoms with Gasteiger partial charge in [-0.1, -0.05) is 29.3 Å². The van der Waals surface area contributed by atoms with Crippen molar-refractivity contribution in [1.29, 1.82) is 0 Å². The molecule has 3 rings (SSSR count). The lowest BCUT2D eigenvalue weighted by molar-refractivity contribution is -0.123. The van der Waals surface area contributed by atoms with E-state index in [0.717, 1.165) is 34.3 Å². The zero-order chi connectivity index (χ0) is 18.3. The molecule has 0 radical (unpaired) electrons. The zero-order valence-corrected chi connectivity index (χ0v) is 16.3. The first-order valence-corrected chi connectivity index (χ1v) is 9.17. The van der Waals surface area contributed by atoms with E-state index >= 15 is 0 Å². The molecule has 1 aliphatic heterocycles. The smallest absolute Gasteiger partial charge is 0.293 e. The first kappa shape index (κ1) is 18.1. The first-order chi connectivity index (χ1) is 11.8. The summed E-state index contributed by atoms with van der Waals surface area (Å²) in [5.41, 5.74) is 3.84. The third kappa shape index (κ3) is 3.50. The molecule has 1 aromatic carbocycles. The number of carbonyl (C=O) groups is 2. The minimum atomic E-state index is -0.290. The molecule has 25 heavy (non-hydrogen) atoms. The maximum absolute atomic E-state index is 12.6. The van der Waals surface area contributed by atoms with Crippen LogP contribution >= 0.6 is 35.0 Å². The van der Waals surface area contributed by atoms with Crippen molar-refractivity contribution < 1.29 is 9.59 Å². The highest BCUT2D eigenvalue weighted by molar-refractivity contribution is 8.18. The summed E-state index contributed by atoms with van der Waals surface area (Å²) in [6, 6.07) is 7.08. The summed E-state index contributed by atoms with van der Waals surface area (Å²) in [6.07, 6.45) is 1.78. The maximum Gasteiger partial charge on any atom is 0.293 e. The van der Waals surface area contributed by atoms with Gasteiger partial charge in [-0.2, -0.15) is 0 Å². The standard InChI is InChI=1S/C18H16Cl2N2O2S/c1-10-6-13(11(2)21(10)3)8-16-17(23)22(18(24)25-16)9-12-4-5-14(19)15(20)7-12/h4-8H,9H2,1-3H3/b16-8-. The zero-order valence-electron chi connectivity index (χ0n) is 14.0. The van der Waals surface area contributed by atoms with Crippen LogP contribution in [-0.2, 0) is 18.4 Å². The number of hydrogen-bond acceptors (Lipinski definition) is 3. The van der Waals surface area contributed by atoms with Gasteiger partial charge in [-0.15, -0.1) is 0 Å². The van der Waals surface area contributed by atoms with Gasteiger partial charge in [0.25, 0.3) is 11.1 Å². The Balaban J connectivity index is 1.85. The Kier molecular flexibility index (Phi) is 5.00. The Hall–Kier alpha value is -1.69. The van der Waals surface area contributed by atoms with Crippen LogP contribution in [0.3, 0.4) is 0 Å². The molecule has 0 atom stereocenters. The van der Waals surface area contributed by atoms with Crippen LogP contribution in [0.4, 0.5) is 4.79 Å². The van der Waals surface area contributed by atoms with Crippen molar-refractivity contribution in [3.8, 4) is 0 Å². The number of hydrogen-bond donors (Lipinski definition) is 0. The predicted octanol–water partition coefficient (Wildman–Crippen LogP) is 5.19. The van der Waals surface area contributed by atoms with Crippen LogP contribution in [0, 0.1) is 13.8 Å². The normalized spacial score (nSPS) is 16.4. The fourth-order valence-corrected chi connectivity index (χ4v) is 3.78. The summed E-state index contributed by atoms with van der Waals surface area (Å²) < 4.78 is 2.05. The number of aryl methyl sites for hydroxylation is 1. The van der Waals surface area contributed by atoms with Gasteiger partial charge in [0.05, 0.1) is 21.5 Å². The number of amides is 2. The van der Waals surface area contributed by atoms with Crippen molar-refractivity contribution in [3.63, 3.8) is 0 Å². The van der Waals surface area contributed by atoms with E-state index in [2.05, 4.69) is 0 Å². The van der Waals surface area contributed by atoms with Crippen molar-refractivity contribution in [3.05, 3.63) is 61.7 Å². The SMILES string of the molecule is Cc1cc(/C=C2\SC(=O)N(Cc3ccc(Cl)c(Cl)c3)C2=O)c(C)n1C. The molecule has 2 heterocycles. The molecule has 1 fully saturated rings. The van der Waals surface area contributed by atoms with Crippen LogP contribution in [-0.4, -0.2) is 20.6 Å². The van der Waals surface area contributed by atoms with Crippen LogP contribution in [0.5, 0.6) is 0 Å². The minimum Gasteiger partial charge on any atom is -0.352 e. The molecule has 0 saturated carbocycles. The lowest BCUT2D eigenvalue weighted by Gasteiger charge is -2.12. The molecule has 4 nitrogen and oxygen atoms in total. The minimum absolute atomic E-state index is 0.172. The van der Waals surface area contributed by atoms with Crippen LogP contribution in [0.1, 0.15) is 22.5 Å². The molecule has 130 valence electrons. The molecule has 0 bridgehead atoms. The fraction of sp³-hybridized carbons (Fsp3) is 0.222. The molecule has 2 amide bonds. The molecule has 0 spiro atoms. The van der Waals surface area contributed by atoms with E-state index < -0.39 is 0 Å². The van der Waals surface area contributed by atoms with Gasteiger partial charge in [-0.25, -0.2) is 0 Å². The average molecular weight is 395 g/mol. The van der Waals surface area contributed by atoms with Gasteiger partial charge >= 0.3 is 0 Å². The van der Waals surface area contributed by atoms with Crippen LogP contribution in [0.25, 0.3) is 6.08 Å². The molecular formula is C18H16Cl2N2O2S. The molecule has 0 unspecified atom stereocenters. The van der Waals surface area contributed by atoms with Crippen LogP contribution in [0.15, 0.2) is 29.2 Å². The molecule has 0 N–H and O–H groups in total. The molecule has 1 saturated heterocycles. The Bertz CT molecular complexity index is 918. The third-order valence-corrected chi connectivity index (χ3v) is 5.95. The second kappa shape index (κ2) is 6.90. The summed E-state index contributed by atoms with van der Waals surface area (Å²) in [5.74, 6) is -0.290. The van der Waals surface area contributed by atoms with E-state index in [1.165, 1.54) is 4.90 Å². The van der Waals surface area contributed by atoms with Gasteiger partial charge < -0.3 is 4.57 Å². The third-order valence-electron chi connectivity index (χ3n) is 4.30. The van der Waals surface area contributed by atoms with Crippen LogP contribution in [0.2, 0.25) is 10.0 Å². The fourth-order valence-electron chi connectivity index (χ4n) is 2.63. The second-order valence-electron chi connectivity index (χ2n) is 5.90. The van der Waals surface area contributed by atoms with Crippen molar-refractivity contribution in [2.45, 2.75) is 20.4 Å². The van der Waals surface area contributed by atoms with Gasteiger partial charge in [-0.3, -0.25) is 14.5 Å². The monoisotopic (exact) mass is 394 g/mol. The van der Waals surface area contributed by atoms with Crippen molar-refractivity contribution in [2.24, 2.45) is 7.05 Å². The average Bonchev–Trinajstić information content (AvgIpc) is 2.96. The van der Waals surface area contributed by atoms with E-state index in [9.17, 15) is 9.59 Å². The van der Waals surface area contributed by atoms with Gasteiger partial charge in [-0.05, 0) is 61.0 Å². The van der Waals surface area contributed by atoms with E-state index in [1.807, 2.05) is 31.5 Å². The summed E-state index contributed by atoms with van der Waals surface area (Å²) in [4.78, 5) is 26.5. The summed E-state index contributed by atoms with van der Waals surface area (Å²) in [5, 5.41) is 0.555. The quantitative estimate of drug-likeness (QED) is 0.672. The number of nitrogens with zero attached hydrogens (tertiary/aromatic N) is 2. The highest BCUT2D eigenvalue weighted by Crippen LogP contribution is 2.34. The largest absolute Gasteiger partial charge is 0.352 e. The van der Waals surface area contributed by atoms with Crippen molar-refractivity contribution in [2.75, 3.05) is 0 Å². The highest BCUT2D eigenvalue weighted by Gasteiger charge is 2.35. The van der Waals surface area contributed by atoms with E-state index in [-0.39, 0.29) is 17.7 Å². The summed E-state index contributed by atoms with van der Waals surface area (Å²) >= 11 is 12.9. The number of aromatic nitrogens is 1. The summed E-state index contributed by atoms with van der Waals surface area (Å²) in [6.45, 7) is 4.16. The first-order valence-electron chi connectivity index (χ1n) is 7.60. The van der Waals surface area contributed by atoms with Gasteiger partial charge in [0, 0.05) is 18.4 Å². The van der Waals surface area contributed by atoms with E-state index in [1.54, 1.807) is 24.3 Å². The lowest BCUT2D eigenvalue weighted by Crippen LogP contribution is -2.27. The van der Waals surface area contributed by atoms with Crippen molar-refractivity contribution in [1.82, 2.24) is 9.47 Å². The van der Waals surface area contributed by atoms with Crippen molar-refractivity contribution >= 4 is 52.2 Å². The number of carbonyl (C=O) groups excluding carboxylic acids is 2. The molecule has 7 heteroatoms. The Morgan fingerprint density at radius 2 is 1.84 bits per heavy atom. The second-order valence-corrected chi connectivity index (χ2v) is 7.71. The molecule has 1 aliphatic rings. The van der Waals surface area contributed by atoms with Gasteiger partial charge in [0.1, 0.15) is 0 Å². The Morgan fingerprint density at radius 3 is 2.44 bits per heavy atom. The van der Waals surface area contributed by atoms with E-state index in [0.29, 0.717) is 15.0 Å². The topological polar surface area (TPSA) is 42.3 Å². The molecule has 2 aromatic rings. The number of rotatable bonds is 3. The Labute approximate surface area is 160 Å². The lowest BCUT2D eigenvalue weighted by atomic mass is 10.2. The molecule has 1 aromatic heterocycles. The predicted molar refractivity (Wildman–Crippen MR) is 103 cm³/mol. The van der Waals surface area contributed by atoms with E-state index in [4.69, 9.17) is 23.2 Å². The number of thioether (sulfide) groups is 1. The number of halogens is 2. The summed E-state index contributed by atoms with van der Waals surface area (Å²) in [7, 11) is 1.97.